The highest BCUT2D eigenvalue weighted by molar-refractivity contribution is 6.02. The van der Waals surface area contributed by atoms with Crippen molar-refractivity contribution < 1.29 is 10.0 Å². The summed E-state index contributed by atoms with van der Waals surface area (Å²) in [6, 6.07) is 0. The molecule has 19 heavy (non-hydrogen) atoms. The number of amidine groups is 1. The monoisotopic (exact) mass is 271 g/mol. The summed E-state index contributed by atoms with van der Waals surface area (Å²) >= 11 is 0. The van der Waals surface area contributed by atoms with Gasteiger partial charge in [-0.05, 0) is 32.1 Å². The SMILES string of the molecule is CCCC(C(=O)NC(C)(C)CC(C)(C)C)C(N)=NO. The van der Waals surface area contributed by atoms with Crippen molar-refractivity contribution in [2.45, 2.75) is 66.3 Å². The Morgan fingerprint density at radius 2 is 1.84 bits per heavy atom. The molecule has 0 saturated heterocycles. The second-order valence-electron chi connectivity index (χ2n) is 6.98. The molecule has 0 aromatic rings. The van der Waals surface area contributed by atoms with Crippen molar-refractivity contribution in [3.05, 3.63) is 0 Å². The molecule has 0 heterocycles. The number of nitrogens with two attached hydrogens (primary N) is 1. The molecule has 0 aliphatic heterocycles. The molecule has 0 spiro atoms. The summed E-state index contributed by atoms with van der Waals surface area (Å²) in [6.07, 6.45) is 2.22. The summed E-state index contributed by atoms with van der Waals surface area (Å²) in [5.74, 6) is -0.758. The van der Waals surface area contributed by atoms with E-state index in [0.717, 1.165) is 12.8 Å². The fourth-order valence-corrected chi connectivity index (χ4v) is 2.56. The van der Waals surface area contributed by atoms with Gasteiger partial charge in [0.1, 0.15) is 0 Å². The maximum atomic E-state index is 12.3. The predicted molar refractivity (Wildman–Crippen MR) is 78.1 cm³/mol. The molecule has 0 fully saturated rings. The first-order valence-corrected chi connectivity index (χ1v) is 6.82. The molecule has 0 aromatic heterocycles. The van der Waals surface area contributed by atoms with Crippen LogP contribution in [0.4, 0.5) is 0 Å². The smallest absolute Gasteiger partial charge is 0.231 e. The maximum absolute atomic E-state index is 12.3. The zero-order valence-electron chi connectivity index (χ0n) is 13.1. The third kappa shape index (κ3) is 7.03. The fraction of sp³-hybridized carbons (Fsp3) is 0.857. The van der Waals surface area contributed by atoms with Crippen LogP contribution in [0, 0.1) is 11.3 Å². The Labute approximate surface area is 116 Å². The topological polar surface area (TPSA) is 87.7 Å². The van der Waals surface area contributed by atoms with Gasteiger partial charge in [-0.1, -0.05) is 39.3 Å². The molecule has 5 nitrogen and oxygen atoms in total. The second-order valence-corrected chi connectivity index (χ2v) is 6.98. The van der Waals surface area contributed by atoms with Crippen LogP contribution in [0.3, 0.4) is 0 Å². The van der Waals surface area contributed by atoms with Gasteiger partial charge >= 0.3 is 0 Å². The van der Waals surface area contributed by atoms with Crippen LogP contribution in [0.5, 0.6) is 0 Å². The molecule has 1 amide bonds. The van der Waals surface area contributed by atoms with Gasteiger partial charge in [0.05, 0.1) is 5.92 Å². The highest BCUT2D eigenvalue weighted by Gasteiger charge is 2.31. The number of nitrogens with zero attached hydrogens (tertiary/aromatic N) is 1. The number of hydrogen-bond donors (Lipinski definition) is 3. The molecule has 0 aliphatic carbocycles. The van der Waals surface area contributed by atoms with Crippen LogP contribution < -0.4 is 11.1 Å². The normalized spacial score (nSPS) is 15.2. The van der Waals surface area contributed by atoms with Crippen LogP contribution in [-0.4, -0.2) is 22.5 Å². The molecule has 5 heteroatoms. The van der Waals surface area contributed by atoms with Gasteiger partial charge in [0, 0.05) is 5.54 Å². The lowest BCUT2D eigenvalue weighted by Gasteiger charge is -2.34. The first-order chi connectivity index (χ1) is 8.52. The number of carbonyl (C=O) groups excluding carboxylic acids is 1. The zero-order valence-corrected chi connectivity index (χ0v) is 13.1. The molecule has 0 aromatic carbocycles. The molecule has 0 rings (SSSR count). The number of amides is 1. The number of hydrogen-bond acceptors (Lipinski definition) is 3. The van der Waals surface area contributed by atoms with E-state index in [2.05, 4.69) is 31.2 Å². The minimum absolute atomic E-state index is 0.0223. The lowest BCUT2D eigenvalue weighted by molar-refractivity contribution is -0.125. The van der Waals surface area contributed by atoms with E-state index in [9.17, 15) is 4.79 Å². The predicted octanol–water partition coefficient (Wildman–Crippen LogP) is 2.48. The lowest BCUT2D eigenvalue weighted by atomic mass is 9.81. The first kappa shape index (κ1) is 17.7. The van der Waals surface area contributed by atoms with Gasteiger partial charge in [0.15, 0.2) is 5.84 Å². The van der Waals surface area contributed by atoms with Crippen molar-refractivity contribution in [3.8, 4) is 0 Å². The summed E-state index contributed by atoms with van der Waals surface area (Å²) in [7, 11) is 0. The third-order valence-corrected chi connectivity index (χ3v) is 2.80. The summed E-state index contributed by atoms with van der Waals surface area (Å²) in [4.78, 5) is 12.3. The Bertz CT molecular complexity index is 330. The molecule has 0 aliphatic rings. The third-order valence-electron chi connectivity index (χ3n) is 2.80. The minimum Gasteiger partial charge on any atom is -0.409 e. The molecule has 0 saturated carbocycles. The van der Waals surface area contributed by atoms with Crippen molar-refractivity contribution in [3.63, 3.8) is 0 Å². The Balaban J connectivity index is 4.81. The lowest BCUT2D eigenvalue weighted by Crippen LogP contribution is -2.50. The molecular formula is C14H29N3O2. The van der Waals surface area contributed by atoms with Gasteiger partial charge in [-0.3, -0.25) is 4.79 Å². The Kier molecular flexibility index (Phi) is 6.33. The number of oxime groups is 1. The Morgan fingerprint density at radius 1 is 1.32 bits per heavy atom. The van der Waals surface area contributed by atoms with Gasteiger partial charge in [-0.2, -0.15) is 0 Å². The second kappa shape index (κ2) is 6.78. The molecule has 112 valence electrons. The maximum Gasteiger partial charge on any atom is 0.231 e. The molecule has 4 N–H and O–H groups in total. The van der Waals surface area contributed by atoms with Crippen molar-refractivity contribution in [2.75, 3.05) is 0 Å². The van der Waals surface area contributed by atoms with Crippen molar-refractivity contribution in [1.82, 2.24) is 5.32 Å². The highest BCUT2D eigenvalue weighted by atomic mass is 16.4. The van der Waals surface area contributed by atoms with E-state index in [4.69, 9.17) is 10.9 Å². The summed E-state index contributed by atoms with van der Waals surface area (Å²) in [6.45, 7) is 12.3. The van der Waals surface area contributed by atoms with Gasteiger partial charge in [-0.15, -0.1) is 0 Å². The molecule has 0 bridgehead atoms. The number of carbonyl (C=O) groups is 1. The quantitative estimate of drug-likeness (QED) is 0.300. The van der Waals surface area contributed by atoms with Gasteiger partial charge in [0.2, 0.25) is 5.91 Å². The number of nitrogens with one attached hydrogen (secondary N) is 1. The van der Waals surface area contributed by atoms with E-state index in [1.165, 1.54) is 0 Å². The van der Waals surface area contributed by atoms with E-state index >= 15 is 0 Å². The minimum atomic E-state index is -0.561. The van der Waals surface area contributed by atoms with Gasteiger partial charge in [0.25, 0.3) is 0 Å². The average molecular weight is 271 g/mol. The number of rotatable bonds is 6. The van der Waals surface area contributed by atoms with Crippen LogP contribution in [0.15, 0.2) is 5.16 Å². The van der Waals surface area contributed by atoms with Crippen LogP contribution in [0.25, 0.3) is 0 Å². The Hall–Kier alpha value is -1.26. The van der Waals surface area contributed by atoms with Crippen LogP contribution in [0.1, 0.15) is 60.8 Å². The Morgan fingerprint density at radius 3 is 2.21 bits per heavy atom. The molecule has 0 radical (unpaired) electrons. The fourth-order valence-electron chi connectivity index (χ4n) is 2.56. The summed E-state index contributed by atoms with van der Waals surface area (Å²) in [5.41, 5.74) is 5.39. The molecule has 1 unspecified atom stereocenters. The van der Waals surface area contributed by atoms with Crippen molar-refractivity contribution >= 4 is 11.7 Å². The van der Waals surface area contributed by atoms with Gasteiger partial charge < -0.3 is 16.3 Å². The standard InChI is InChI=1S/C14H29N3O2/c1-7-8-10(11(15)17-19)12(18)16-14(5,6)9-13(2,3)4/h10,19H,7-9H2,1-6H3,(H2,15,17)(H,16,18). The van der Waals surface area contributed by atoms with E-state index in [1.807, 2.05) is 20.8 Å². The van der Waals surface area contributed by atoms with Crippen molar-refractivity contribution in [1.29, 1.82) is 0 Å². The zero-order chi connectivity index (χ0) is 15.3. The van der Waals surface area contributed by atoms with Gasteiger partial charge in [-0.25, -0.2) is 0 Å². The van der Waals surface area contributed by atoms with E-state index in [-0.39, 0.29) is 22.7 Å². The largest absolute Gasteiger partial charge is 0.409 e. The molecule has 1 atom stereocenters. The first-order valence-electron chi connectivity index (χ1n) is 6.82. The van der Waals surface area contributed by atoms with E-state index in [0.29, 0.717) is 6.42 Å². The van der Waals surface area contributed by atoms with Crippen LogP contribution in [0.2, 0.25) is 0 Å². The van der Waals surface area contributed by atoms with E-state index < -0.39 is 5.92 Å². The summed E-state index contributed by atoms with van der Waals surface area (Å²) in [5, 5.41) is 14.7. The summed E-state index contributed by atoms with van der Waals surface area (Å²) < 4.78 is 0. The molecular weight excluding hydrogens is 242 g/mol. The van der Waals surface area contributed by atoms with Crippen LogP contribution >= 0.6 is 0 Å². The highest BCUT2D eigenvalue weighted by Crippen LogP contribution is 2.27. The van der Waals surface area contributed by atoms with Crippen molar-refractivity contribution in [2.24, 2.45) is 22.2 Å². The van der Waals surface area contributed by atoms with E-state index in [1.54, 1.807) is 0 Å². The average Bonchev–Trinajstić information content (AvgIpc) is 2.20. The van der Waals surface area contributed by atoms with Crippen LogP contribution in [-0.2, 0) is 4.79 Å².